The highest BCUT2D eigenvalue weighted by atomic mass is 32.1. The molecule has 0 aliphatic heterocycles. The van der Waals surface area contributed by atoms with Crippen LogP contribution in [0.15, 0.2) is 55.0 Å². The van der Waals surface area contributed by atoms with Gasteiger partial charge in [0.1, 0.15) is 16.6 Å². The lowest BCUT2D eigenvalue weighted by Gasteiger charge is -2.08. The minimum Gasteiger partial charge on any atom is -0.299 e. The van der Waals surface area contributed by atoms with Crippen molar-refractivity contribution in [2.75, 3.05) is 5.32 Å². The summed E-state index contributed by atoms with van der Waals surface area (Å²) in [5.41, 5.74) is 1.02. The molecule has 0 saturated heterocycles. The van der Waals surface area contributed by atoms with Gasteiger partial charge in [0.15, 0.2) is 0 Å². The second kappa shape index (κ2) is 6.17. The Hall–Kier alpha value is -3.13. The lowest BCUT2D eigenvalue weighted by Crippen LogP contribution is -2.03. The predicted octanol–water partition coefficient (Wildman–Crippen LogP) is 3.23. The Morgan fingerprint density at radius 2 is 1.88 bits per heavy atom. The first-order valence-corrected chi connectivity index (χ1v) is 8.10. The quantitative estimate of drug-likeness (QED) is 0.616. The zero-order valence-corrected chi connectivity index (χ0v) is 13.6. The van der Waals surface area contributed by atoms with Gasteiger partial charge < -0.3 is 0 Å². The Balaban J connectivity index is 1.68. The molecule has 0 fully saturated rings. The summed E-state index contributed by atoms with van der Waals surface area (Å²) in [6.07, 6.45) is 5.34. The molecular weight excluding hydrogens is 322 g/mol. The van der Waals surface area contributed by atoms with Crippen LogP contribution in [0.5, 0.6) is 0 Å². The maximum Gasteiger partial charge on any atom is 0.231 e. The van der Waals surface area contributed by atoms with Crippen LogP contribution in [0.2, 0.25) is 0 Å². The van der Waals surface area contributed by atoms with E-state index in [0.717, 1.165) is 22.2 Å². The first-order chi connectivity index (χ1) is 11.8. The monoisotopic (exact) mass is 335 g/mol. The zero-order chi connectivity index (χ0) is 16.4. The van der Waals surface area contributed by atoms with Gasteiger partial charge in [-0.3, -0.25) is 9.88 Å². The fourth-order valence-electron chi connectivity index (χ4n) is 2.28. The molecule has 3 heterocycles. The summed E-state index contributed by atoms with van der Waals surface area (Å²) in [7, 11) is 0. The van der Waals surface area contributed by atoms with Gasteiger partial charge in [-0.15, -0.1) is 10.2 Å². The number of anilines is 2. The van der Waals surface area contributed by atoms with Crippen molar-refractivity contribution in [1.82, 2.24) is 29.7 Å². The largest absolute Gasteiger partial charge is 0.299 e. The van der Waals surface area contributed by atoms with E-state index in [-0.39, 0.29) is 0 Å². The van der Waals surface area contributed by atoms with E-state index in [2.05, 4.69) is 30.5 Å². The van der Waals surface area contributed by atoms with E-state index in [1.807, 2.05) is 54.1 Å². The first kappa shape index (κ1) is 14.5. The predicted molar refractivity (Wildman–Crippen MR) is 92.5 cm³/mol. The SMILES string of the molecule is Cc1nnc(Nc2nccc(-n3ccnc3-c3ccccc3)n2)s1. The highest BCUT2D eigenvalue weighted by Crippen LogP contribution is 2.22. The van der Waals surface area contributed by atoms with Crippen LogP contribution in [0.3, 0.4) is 0 Å². The number of nitrogens with zero attached hydrogens (tertiary/aromatic N) is 6. The van der Waals surface area contributed by atoms with Crippen LogP contribution in [-0.2, 0) is 0 Å². The average Bonchev–Trinajstić information content (AvgIpc) is 3.25. The first-order valence-electron chi connectivity index (χ1n) is 7.29. The van der Waals surface area contributed by atoms with Gasteiger partial charge in [0, 0.05) is 24.2 Å². The van der Waals surface area contributed by atoms with E-state index in [4.69, 9.17) is 0 Å². The molecule has 0 bridgehead atoms. The minimum atomic E-state index is 0.469. The summed E-state index contributed by atoms with van der Waals surface area (Å²) < 4.78 is 1.92. The van der Waals surface area contributed by atoms with E-state index in [1.54, 1.807) is 12.4 Å². The standard InChI is InChI=1S/C16H13N7S/c1-11-21-22-16(24-11)20-15-18-8-7-13(19-15)23-10-9-17-14(23)12-5-3-2-4-6-12/h2-10H,1H3,(H,18,19,20,22). The van der Waals surface area contributed by atoms with Crippen molar-refractivity contribution in [3.05, 3.63) is 60.0 Å². The summed E-state index contributed by atoms with van der Waals surface area (Å²) in [5.74, 6) is 2.02. The molecule has 3 aromatic heterocycles. The van der Waals surface area contributed by atoms with E-state index >= 15 is 0 Å². The summed E-state index contributed by atoms with van der Waals surface area (Å²) in [6, 6.07) is 11.8. The van der Waals surface area contributed by atoms with Gasteiger partial charge in [-0.2, -0.15) is 4.98 Å². The molecule has 0 aliphatic rings. The Labute approximate surface area is 142 Å². The number of nitrogens with one attached hydrogen (secondary N) is 1. The van der Waals surface area contributed by atoms with E-state index < -0.39 is 0 Å². The molecule has 118 valence electrons. The number of rotatable bonds is 4. The third-order valence-electron chi connectivity index (χ3n) is 3.31. The number of aromatic nitrogens is 6. The Bertz CT molecular complexity index is 961. The van der Waals surface area contributed by atoms with Crippen LogP contribution >= 0.6 is 11.3 Å². The average molecular weight is 335 g/mol. The number of benzene rings is 1. The van der Waals surface area contributed by atoms with Gasteiger partial charge in [-0.05, 0) is 13.0 Å². The maximum absolute atomic E-state index is 4.55. The highest BCUT2D eigenvalue weighted by Gasteiger charge is 2.10. The molecule has 0 radical (unpaired) electrons. The highest BCUT2D eigenvalue weighted by molar-refractivity contribution is 7.15. The van der Waals surface area contributed by atoms with E-state index in [0.29, 0.717) is 11.1 Å². The third-order valence-corrected chi connectivity index (χ3v) is 4.06. The third kappa shape index (κ3) is 2.86. The Kier molecular flexibility index (Phi) is 3.72. The fourth-order valence-corrected chi connectivity index (χ4v) is 2.86. The van der Waals surface area contributed by atoms with Crippen molar-refractivity contribution < 1.29 is 0 Å². The van der Waals surface area contributed by atoms with Crippen molar-refractivity contribution >= 4 is 22.4 Å². The van der Waals surface area contributed by atoms with Crippen molar-refractivity contribution in [2.24, 2.45) is 0 Å². The molecule has 0 unspecified atom stereocenters. The van der Waals surface area contributed by atoms with Crippen LogP contribution < -0.4 is 5.32 Å². The summed E-state index contributed by atoms with van der Waals surface area (Å²) in [6.45, 7) is 1.90. The van der Waals surface area contributed by atoms with Gasteiger partial charge in [0.2, 0.25) is 11.1 Å². The molecule has 4 aromatic rings. The van der Waals surface area contributed by atoms with Crippen molar-refractivity contribution in [3.63, 3.8) is 0 Å². The summed E-state index contributed by atoms with van der Waals surface area (Å²) in [4.78, 5) is 13.2. The van der Waals surface area contributed by atoms with Crippen LogP contribution in [0, 0.1) is 6.92 Å². The topological polar surface area (TPSA) is 81.4 Å². The van der Waals surface area contributed by atoms with Gasteiger partial charge in [0.05, 0.1) is 0 Å². The fraction of sp³-hybridized carbons (Fsp3) is 0.0625. The molecule has 0 amide bonds. The molecule has 0 saturated carbocycles. The van der Waals surface area contributed by atoms with Crippen molar-refractivity contribution in [1.29, 1.82) is 0 Å². The number of hydrogen-bond donors (Lipinski definition) is 1. The van der Waals surface area contributed by atoms with Crippen LogP contribution in [0.25, 0.3) is 17.2 Å². The lowest BCUT2D eigenvalue weighted by molar-refractivity contribution is 0.979. The zero-order valence-electron chi connectivity index (χ0n) is 12.8. The van der Waals surface area contributed by atoms with Crippen LogP contribution in [0.1, 0.15) is 5.01 Å². The molecule has 24 heavy (non-hydrogen) atoms. The molecule has 0 spiro atoms. The minimum absolute atomic E-state index is 0.469. The van der Waals surface area contributed by atoms with Gasteiger partial charge >= 0.3 is 0 Å². The molecule has 0 atom stereocenters. The summed E-state index contributed by atoms with van der Waals surface area (Å²) in [5, 5.41) is 12.6. The summed E-state index contributed by atoms with van der Waals surface area (Å²) >= 11 is 1.45. The maximum atomic E-state index is 4.55. The van der Waals surface area contributed by atoms with Crippen LogP contribution in [-0.4, -0.2) is 29.7 Å². The molecule has 4 rings (SSSR count). The second-order valence-corrected chi connectivity index (χ2v) is 6.16. The van der Waals surface area contributed by atoms with E-state index in [1.165, 1.54) is 11.3 Å². The van der Waals surface area contributed by atoms with Crippen molar-refractivity contribution in [2.45, 2.75) is 6.92 Å². The second-order valence-electron chi connectivity index (χ2n) is 4.98. The smallest absolute Gasteiger partial charge is 0.231 e. The normalized spacial score (nSPS) is 10.7. The number of hydrogen-bond acceptors (Lipinski definition) is 7. The van der Waals surface area contributed by atoms with Gasteiger partial charge in [0.25, 0.3) is 0 Å². The molecule has 7 nitrogen and oxygen atoms in total. The number of imidazole rings is 1. The molecular formula is C16H13N7S. The van der Waals surface area contributed by atoms with Crippen LogP contribution in [0.4, 0.5) is 11.1 Å². The molecule has 0 aliphatic carbocycles. The van der Waals surface area contributed by atoms with Gasteiger partial charge in [-0.25, -0.2) is 9.97 Å². The van der Waals surface area contributed by atoms with E-state index in [9.17, 15) is 0 Å². The molecule has 1 aromatic carbocycles. The Morgan fingerprint density at radius 1 is 1.00 bits per heavy atom. The van der Waals surface area contributed by atoms with Crippen molar-refractivity contribution in [3.8, 4) is 17.2 Å². The lowest BCUT2D eigenvalue weighted by atomic mass is 10.2. The number of aryl methyl sites for hydroxylation is 1. The molecule has 1 N–H and O–H groups in total. The van der Waals surface area contributed by atoms with Gasteiger partial charge in [-0.1, -0.05) is 41.7 Å². The molecule has 8 heteroatoms. The Morgan fingerprint density at radius 3 is 2.67 bits per heavy atom.